The molecule has 1 aliphatic rings. The summed E-state index contributed by atoms with van der Waals surface area (Å²) in [7, 11) is 0. The van der Waals surface area contributed by atoms with Crippen LogP contribution in [0.15, 0.2) is 41.5 Å². The van der Waals surface area contributed by atoms with Crippen LogP contribution < -0.4 is 19.6 Å². The molecule has 2 aromatic rings. The molecule has 0 saturated carbocycles. The van der Waals surface area contributed by atoms with Crippen molar-refractivity contribution in [1.29, 1.82) is 0 Å². The van der Waals surface area contributed by atoms with Crippen molar-refractivity contribution in [1.82, 2.24) is 5.43 Å². The number of hydrogen-bond acceptors (Lipinski definition) is 8. The molecular weight excluding hydrogens is 559 g/mol. The number of nitrogens with one attached hydrogen (secondary N) is 1. The molecule has 0 aliphatic carbocycles. The summed E-state index contributed by atoms with van der Waals surface area (Å²) in [5.41, 5.74) is 3.36. The lowest BCUT2D eigenvalue weighted by atomic mass is 10.1. The van der Waals surface area contributed by atoms with E-state index in [2.05, 4.69) is 10.5 Å². The first-order chi connectivity index (χ1) is 19.6. The Kier molecular flexibility index (Phi) is 15.6. The quantitative estimate of drug-likeness (QED) is 0.202. The third-order valence-electron chi connectivity index (χ3n) is 5.78. The van der Waals surface area contributed by atoms with Crippen LogP contribution in [0.1, 0.15) is 44.1 Å². The second-order valence-electron chi connectivity index (χ2n) is 8.97. The first-order valence-electron chi connectivity index (χ1n) is 13.6. The second-order valence-corrected chi connectivity index (χ2v) is 9.82. The van der Waals surface area contributed by atoms with Gasteiger partial charge in [-0.3, -0.25) is 4.79 Å². The van der Waals surface area contributed by atoms with Gasteiger partial charge in [0, 0.05) is 11.4 Å². The van der Waals surface area contributed by atoms with E-state index in [0.717, 1.165) is 37.7 Å². The fourth-order valence-electron chi connectivity index (χ4n) is 3.73. The molecule has 1 aliphatic heterocycles. The summed E-state index contributed by atoms with van der Waals surface area (Å²) >= 11 is 12.0. The number of fused-ring (bicyclic) bond motifs is 1. The van der Waals surface area contributed by atoms with E-state index < -0.39 is 0 Å². The van der Waals surface area contributed by atoms with Gasteiger partial charge in [0.05, 0.1) is 57.5 Å². The van der Waals surface area contributed by atoms with Gasteiger partial charge in [0.25, 0.3) is 0 Å². The third kappa shape index (κ3) is 13.2. The van der Waals surface area contributed by atoms with E-state index in [1.54, 1.807) is 24.4 Å². The highest BCUT2D eigenvalue weighted by Gasteiger charge is 2.08. The van der Waals surface area contributed by atoms with Gasteiger partial charge in [-0.05, 0) is 54.8 Å². The fourth-order valence-corrected chi connectivity index (χ4v) is 4.19. The van der Waals surface area contributed by atoms with E-state index in [1.807, 2.05) is 18.2 Å². The predicted molar refractivity (Wildman–Crippen MR) is 155 cm³/mol. The molecule has 0 unspecified atom stereocenters. The molecule has 40 heavy (non-hydrogen) atoms. The van der Waals surface area contributed by atoms with E-state index in [9.17, 15) is 4.79 Å². The van der Waals surface area contributed by atoms with Gasteiger partial charge in [-0.15, -0.1) is 0 Å². The molecule has 1 amide bonds. The number of rotatable bonds is 11. The molecule has 1 heterocycles. The Balaban J connectivity index is 1.31. The molecule has 0 atom stereocenters. The van der Waals surface area contributed by atoms with Crippen molar-refractivity contribution in [2.24, 2.45) is 5.10 Å². The molecular formula is C29H38Cl2N2O7. The number of amides is 1. The molecule has 0 fully saturated rings. The number of unbranched alkanes of at least 4 members (excludes halogenated alkanes) is 4. The first kappa shape index (κ1) is 32.0. The van der Waals surface area contributed by atoms with E-state index >= 15 is 0 Å². The van der Waals surface area contributed by atoms with E-state index in [0.29, 0.717) is 93.2 Å². The SMILES string of the molecule is O=C(CCCCCCCOc1ccc(Cl)cc1Cl)N/N=C/c1ccc2c(c1)OCCOCCOCCOCCO2. The van der Waals surface area contributed by atoms with E-state index in [4.69, 9.17) is 51.6 Å². The fraction of sp³-hybridized carbons (Fsp3) is 0.517. The lowest BCUT2D eigenvalue weighted by Gasteiger charge is -2.13. The maximum Gasteiger partial charge on any atom is 0.240 e. The largest absolute Gasteiger partial charge is 0.492 e. The molecule has 9 nitrogen and oxygen atoms in total. The van der Waals surface area contributed by atoms with Gasteiger partial charge < -0.3 is 28.4 Å². The van der Waals surface area contributed by atoms with Crippen LogP contribution >= 0.6 is 23.2 Å². The molecule has 0 spiro atoms. The zero-order chi connectivity index (χ0) is 28.3. The summed E-state index contributed by atoms with van der Waals surface area (Å²) in [6, 6.07) is 10.7. The Hall–Kier alpha value is -2.56. The predicted octanol–water partition coefficient (Wildman–Crippen LogP) is 5.68. The van der Waals surface area contributed by atoms with Gasteiger partial charge in [-0.2, -0.15) is 5.10 Å². The average molecular weight is 598 g/mol. The standard InChI is InChI=1S/C29H38Cl2N2O7/c30-24-8-10-26(25(31)21-24)38-11-5-3-1-2-4-6-29(34)33-32-22-23-7-9-27-28(20-23)40-19-17-37-15-13-35-12-14-36-16-18-39-27/h7-10,20-22H,1-6,11-19H2,(H,33,34)/b32-22+. The minimum absolute atomic E-state index is 0.119. The van der Waals surface area contributed by atoms with Crippen LogP contribution in [0.5, 0.6) is 17.2 Å². The number of ether oxygens (including phenoxy) is 6. The molecule has 2 aromatic carbocycles. The first-order valence-corrected chi connectivity index (χ1v) is 14.4. The number of halogens is 2. The zero-order valence-corrected chi connectivity index (χ0v) is 24.2. The van der Waals surface area contributed by atoms with Crippen molar-refractivity contribution < 1.29 is 33.2 Å². The van der Waals surface area contributed by atoms with Crippen LogP contribution in [0.2, 0.25) is 10.0 Å². The molecule has 1 N–H and O–H groups in total. The minimum atomic E-state index is -0.119. The Morgan fingerprint density at radius 3 is 2.17 bits per heavy atom. The maximum atomic E-state index is 12.2. The van der Waals surface area contributed by atoms with Crippen molar-refractivity contribution in [3.05, 3.63) is 52.0 Å². The average Bonchev–Trinajstić information content (AvgIpc) is 2.95. The normalized spacial score (nSPS) is 15.2. The molecule has 3 rings (SSSR count). The van der Waals surface area contributed by atoms with Gasteiger partial charge in [-0.25, -0.2) is 5.43 Å². The maximum absolute atomic E-state index is 12.2. The number of nitrogens with zero attached hydrogens (tertiary/aromatic N) is 1. The highest BCUT2D eigenvalue weighted by atomic mass is 35.5. The zero-order valence-electron chi connectivity index (χ0n) is 22.7. The summed E-state index contributed by atoms with van der Waals surface area (Å²) in [5, 5.41) is 5.19. The Bertz CT molecular complexity index is 1060. The molecule has 220 valence electrons. The summed E-state index contributed by atoms with van der Waals surface area (Å²) in [4.78, 5) is 12.2. The molecule has 0 aromatic heterocycles. The molecule has 0 saturated heterocycles. The number of hydrogen-bond donors (Lipinski definition) is 1. The van der Waals surface area contributed by atoms with Gasteiger partial charge in [0.15, 0.2) is 11.5 Å². The van der Waals surface area contributed by atoms with Crippen molar-refractivity contribution >= 4 is 35.3 Å². The van der Waals surface area contributed by atoms with Crippen LogP contribution in [-0.2, 0) is 19.0 Å². The van der Waals surface area contributed by atoms with Crippen LogP contribution in [0, 0.1) is 0 Å². The molecule has 0 bridgehead atoms. The molecule has 11 heteroatoms. The highest BCUT2D eigenvalue weighted by molar-refractivity contribution is 6.35. The minimum Gasteiger partial charge on any atom is -0.492 e. The number of carbonyl (C=O) groups excluding carboxylic acids is 1. The Morgan fingerprint density at radius 2 is 1.45 bits per heavy atom. The second kappa shape index (κ2) is 19.5. The number of carbonyl (C=O) groups is 1. The van der Waals surface area contributed by atoms with Crippen LogP contribution in [-0.4, -0.2) is 71.6 Å². The lowest BCUT2D eigenvalue weighted by Crippen LogP contribution is -2.17. The summed E-state index contributed by atoms with van der Waals surface area (Å²) < 4.78 is 33.8. The van der Waals surface area contributed by atoms with Gasteiger partial charge >= 0.3 is 0 Å². The van der Waals surface area contributed by atoms with Gasteiger partial charge in [0.1, 0.15) is 19.0 Å². The van der Waals surface area contributed by atoms with Gasteiger partial charge in [-0.1, -0.05) is 42.5 Å². The van der Waals surface area contributed by atoms with Crippen molar-refractivity contribution in [2.45, 2.75) is 38.5 Å². The highest BCUT2D eigenvalue weighted by Crippen LogP contribution is 2.29. The van der Waals surface area contributed by atoms with E-state index in [-0.39, 0.29) is 5.91 Å². The number of hydrazone groups is 1. The van der Waals surface area contributed by atoms with Crippen molar-refractivity contribution in [2.75, 3.05) is 59.5 Å². The smallest absolute Gasteiger partial charge is 0.240 e. The Morgan fingerprint density at radius 1 is 0.800 bits per heavy atom. The van der Waals surface area contributed by atoms with Crippen LogP contribution in [0.4, 0.5) is 0 Å². The third-order valence-corrected chi connectivity index (χ3v) is 6.32. The Labute approximate surface area is 246 Å². The summed E-state index contributed by atoms with van der Waals surface area (Å²) in [5.74, 6) is 1.71. The molecule has 0 radical (unpaired) electrons. The van der Waals surface area contributed by atoms with Crippen molar-refractivity contribution in [3.63, 3.8) is 0 Å². The monoisotopic (exact) mass is 596 g/mol. The van der Waals surface area contributed by atoms with E-state index in [1.165, 1.54) is 0 Å². The van der Waals surface area contributed by atoms with Crippen LogP contribution in [0.3, 0.4) is 0 Å². The summed E-state index contributed by atoms with van der Waals surface area (Å²) in [6.45, 7) is 4.27. The van der Waals surface area contributed by atoms with Crippen molar-refractivity contribution in [3.8, 4) is 17.2 Å². The topological polar surface area (TPSA) is 96.8 Å². The lowest BCUT2D eigenvalue weighted by molar-refractivity contribution is -0.121. The van der Waals surface area contributed by atoms with Gasteiger partial charge in [0.2, 0.25) is 5.91 Å². The summed E-state index contributed by atoms with van der Waals surface area (Å²) in [6.07, 6.45) is 6.72. The van der Waals surface area contributed by atoms with Crippen LogP contribution in [0.25, 0.3) is 0 Å². The number of benzene rings is 2.